The number of amides is 1. The fourth-order valence-corrected chi connectivity index (χ4v) is 4.99. The Balaban J connectivity index is 1.19. The summed E-state index contributed by atoms with van der Waals surface area (Å²) in [7, 11) is 0. The molecule has 2 atom stereocenters. The number of carbonyl (C=O) groups is 1. The van der Waals surface area contributed by atoms with Crippen LogP contribution in [0.15, 0.2) is 67.0 Å². The van der Waals surface area contributed by atoms with Crippen LogP contribution < -0.4 is 5.32 Å². The van der Waals surface area contributed by atoms with E-state index in [0.29, 0.717) is 5.56 Å². The molecule has 0 saturated carbocycles. The predicted octanol–water partition coefficient (Wildman–Crippen LogP) is 3.61. The second-order valence-corrected chi connectivity index (χ2v) is 10.0. The standard InChI is InChI=1S/C27H27N5O3S/c1-17-11-12-28-25(13-17)31-24-4-2-3-20(30-24)23-14-29-26(36-23)10-7-18-5-8-19(9-6-18)27(35)32-15-21(33)22(34)16-32/h2-6,8-9,11-14,21-22,33-34H,7,10,15-16H2,1H3,(H,28,30,31)/t21-,22+. The lowest BCUT2D eigenvalue weighted by Gasteiger charge is -2.15. The van der Waals surface area contributed by atoms with Crippen LogP contribution in [0, 0.1) is 6.92 Å². The number of carbonyl (C=O) groups excluding carboxylic acids is 1. The minimum atomic E-state index is -0.879. The average molecular weight is 502 g/mol. The quantitative estimate of drug-likeness (QED) is 0.355. The van der Waals surface area contributed by atoms with E-state index in [4.69, 9.17) is 4.98 Å². The number of pyridine rings is 2. The molecule has 0 bridgehead atoms. The van der Waals surface area contributed by atoms with Gasteiger partial charge in [0.25, 0.3) is 5.91 Å². The van der Waals surface area contributed by atoms with Crippen LogP contribution in [0.1, 0.15) is 26.5 Å². The van der Waals surface area contributed by atoms with Gasteiger partial charge in [0.15, 0.2) is 0 Å². The summed E-state index contributed by atoms with van der Waals surface area (Å²) < 4.78 is 0. The first kappa shape index (κ1) is 24.1. The van der Waals surface area contributed by atoms with Crippen molar-refractivity contribution < 1.29 is 15.0 Å². The van der Waals surface area contributed by atoms with Crippen LogP contribution in [-0.4, -0.2) is 61.3 Å². The lowest BCUT2D eigenvalue weighted by molar-refractivity contribution is 0.0572. The Bertz CT molecular complexity index is 1350. The summed E-state index contributed by atoms with van der Waals surface area (Å²) >= 11 is 1.62. The summed E-state index contributed by atoms with van der Waals surface area (Å²) in [5, 5.41) is 23.6. The van der Waals surface area contributed by atoms with Gasteiger partial charge in [0.05, 0.1) is 27.8 Å². The van der Waals surface area contributed by atoms with Gasteiger partial charge in [-0.05, 0) is 60.9 Å². The van der Waals surface area contributed by atoms with E-state index in [1.165, 1.54) is 4.90 Å². The first-order chi connectivity index (χ1) is 17.4. The fourth-order valence-electron chi connectivity index (χ4n) is 4.10. The van der Waals surface area contributed by atoms with Gasteiger partial charge in [-0.3, -0.25) is 4.79 Å². The maximum Gasteiger partial charge on any atom is 0.254 e. The zero-order chi connectivity index (χ0) is 25.1. The summed E-state index contributed by atoms with van der Waals surface area (Å²) in [6.45, 7) is 2.34. The number of likely N-dealkylation sites (tertiary alicyclic amines) is 1. The third kappa shape index (κ3) is 5.59. The van der Waals surface area contributed by atoms with Crippen molar-refractivity contribution in [1.82, 2.24) is 19.9 Å². The van der Waals surface area contributed by atoms with E-state index in [1.807, 2.05) is 55.6 Å². The Hall–Kier alpha value is -3.66. The molecule has 0 aliphatic carbocycles. The van der Waals surface area contributed by atoms with Crippen LogP contribution in [0.25, 0.3) is 10.6 Å². The predicted molar refractivity (Wildman–Crippen MR) is 139 cm³/mol. The second-order valence-electron chi connectivity index (χ2n) is 8.91. The first-order valence-corrected chi connectivity index (χ1v) is 12.6. The van der Waals surface area contributed by atoms with Gasteiger partial charge in [-0.25, -0.2) is 15.0 Å². The van der Waals surface area contributed by atoms with Gasteiger partial charge in [-0.15, -0.1) is 11.3 Å². The molecular formula is C27H27N5O3S. The maximum absolute atomic E-state index is 12.6. The van der Waals surface area contributed by atoms with Crippen LogP contribution >= 0.6 is 11.3 Å². The van der Waals surface area contributed by atoms with Crippen molar-refractivity contribution in [2.45, 2.75) is 32.0 Å². The van der Waals surface area contributed by atoms with Gasteiger partial charge in [0, 0.05) is 37.5 Å². The van der Waals surface area contributed by atoms with E-state index in [1.54, 1.807) is 29.7 Å². The van der Waals surface area contributed by atoms with E-state index < -0.39 is 12.2 Å². The monoisotopic (exact) mass is 501 g/mol. The third-order valence-corrected chi connectivity index (χ3v) is 7.18. The van der Waals surface area contributed by atoms with Gasteiger partial charge in [0.2, 0.25) is 0 Å². The van der Waals surface area contributed by atoms with E-state index in [2.05, 4.69) is 15.3 Å². The number of anilines is 2. The van der Waals surface area contributed by atoms with Gasteiger partial charge in [0.1, 0.15) is 11.6 Å². The summed E-state index contributed by atoms with van der Waals surface area (Å²) in [6.07, 6.45) is 3.46. The van der Waals surface area contributed by atoms with Crippen molar-refractivity contribution >= 4 is 28.9 Å². The highest BCUT2D eigenvalue weighted by molar-refractivity contribution is 7.15. The number of hydrogen-bond acceptors (Lipinski definition) is 8. The highest BCUT2D eigenvalue weighted by Crippen LogP contribution is 2.27. The molecule has 4 aromatic rings. The molecule has 9 heteroatoms. The van der Waals surface area contributed by atoms with Crippen molar-refractivity contribution in [2.75, 3.05) is 18.4 Å². The van der Waals surface area contributed by atoms with Crippen LogP contribution in [0.3, 0.4) is 0 Å². The number of benzene rings is 1. The lowest BCUT2D eigenvalue weighted by atomic mass is 10.1. The molecule has 1 saturated heterocycles. The van der Waals surface area contributed by atoms with Crippen LogP contribution in [0.2, 0.25) is 0 Å². The smallest absolute Gasteiger partial charge is 0.254 e. The number of aliphatic hydroxyl groups is 2. The van der Waals surface area contributed by atoms with Crippen molar-refractivity contribution in [1.29, 1.82) is 0 Å². The molecule has 1 aliphatic heterocycles. The number of nitrogens with zero attached hydrogens (tertiary/aromatic N) is 4. The van der Waals surface area contributed by atoms with Crippen LogP contribution in [0.5, 0.6) is 0 Å². The largest absolute Gasteiger partial charge is 0.388 e. The highest BCUT2D eigenvalue weighted by Gasteiger charge is 2.32. The third-order valence-electron chi connectivity index (χ3n) is 6.10. The van der Waals surface area contributed by atoms with Crippen molar-refractivity contribution in [3.63, 3.8) is 0 Å². The van der Waals surface area contributed by atoms with E-state index in [0.717, 1.165) is 51.2 Å². The topological polar surface area (TPSA) is 111 Å². The Labute approximate surface area is 213 Å². The Morgan fingerprint density at radius 3 is 2.56 bits per heavy atom. The molecule has 4 heterocycles. The first-order valence-electron chi connectivity index (χ1n) is 11.8. The van der Waals surface area contributed by atoms with E-state index in [9.17, 15) is 15.0 Å². The zero-order valence-electron chi connectivity index (χ0n) is 19.8. The van der Waals surface area contributed by atoms with Crippen LogP contribution in [0.4, 0.5) is 11.6 Å². The van der Waals surface area contributed by atoms with E-state index in [-0.39, 0.29) is 19.0 Å². The maximum atomic E-state index is 12.6. The number of hydrogen-bond donors (Lipinski definition) is 3. The van der Waals surface area contributed by atoms with Gasteiger partial charge >= 0.3 is 0 Å². The fraction of sp³-hybridized carbons (Fsp3) is 0.259. The van der Waals surface area contributed by atoms with Crippen LogP contribution in [-0.2, 0) is 12.8 Å². The Morgan fingerprint density at radius 1 is 1.03 bits per heavy atom. The molecule has 3 aromatic heterocycles. The van der Waals surface area contributed by atoms with E-state index >= 15 is 0 Å². The Morgan fingerprint density at radius 2 is 1.81 bits per heavy atom. The number of aromatic nitrogens is 3. The van der Waals surface area contributed by atoms with Gasteiger partial charge in [-0.1, -0.05) is 18.2 Å². The average Bonchev–Trinajstić information content (AvgIpc) is 3.49. The molecule has 1 amide bonds. The molecular weight excluding hydrogens is 474 g/mol. The van der Waals surface area contributed by atoms with Crippen molar-refractivity contribution in [3.05, 3.63) is 88.7 Å². The van der Waals surface area contributed by atoms with Gasteiger partial charge < -0.3 is 20.4 Å². The molecule has 1 aliphatic rings. The minimum absolute atomic E-state index is 0.158. The SMILES string of the molecule is Cc1ccnc(Nc2cccc(-c3cnc(CCc4ccc(C(=O)N5C[C@@H](O)[C@@H](O)C5)cc4)s3)n2)c1. The van der Waals surface area contributed by atoms with Crippen molar-refractivity contribution in [3.8, 4) is 10.6 Å². The number of β-amino-alcohol motifs (C(OH)–C–C–N with tert-alkyl or cyclic N) is 2. The minimum Gasteiger partial charge on any atom is -0.388 e. The molecule has 3 N–H and O–H groups in total. The second kappa shape index (κ2) is 10.5. The molecule has 8 nitrogen and oxygen atoms in total. The molecule has 1 fully saturated rings. The lowest BCUT2D eigenvalue weighted by Crippen LogP contribution is -2.29. The number of aliphatic hydroxyl groups excluding tert-OH is 2. The summed E-state index contributed by atoms with van der Waals surface area (Å²) in [5.41, 5.74) is 3.65. The molecule has 0 radical (unpaired) electrons. The number of thiazole rings is 1. The number of aryl methyl sites for hydroxylation is 3. The molecule has 0 unspecified atom stereocenters. The molecule has 1 aromatic carbocycles. The summed E-state index contributed by atoms with van der Waals surface area (Å²) in [4.78, 5) is 28.7. The van der Waals surface area contributed by atoms with Gasteiger partial charge in [-0.2, -0.15) is 0 Å². The number of nitrogens with one attached hydrogen (secondary N) is 1. The van der Waals surface area contributed by atoms with Crippen molar-refractivity contribution in [2.24, 2.45) is 0 Å². The number of rotatable bonds is 7. The molecule has 5 rings (SSSR count). The molecule has 184 valence electrons. The normalized spacial score (nSPS) is 17.4. The molecule has 36 heavy (non-hydrogen) atoms. The molecule has 0 spiro atoms. The zero-order valence-corrected chi connectivity index (χ0v) is 20.7. The Kier molecular flexibility index (Phi) is 7.04. The summed E-state index contributed by atoms with van der Waals surface area (Å²) in [6, 6.07) is 17.3. The summed E-state index contributed by atoms with van der Waals surface area (Å²) in [5.74, 6) is 1.31. The highest BCUT2D eigenvalue weighted by atomic mass is 32.1.